The quantitative estimate of drug-likeness (QED) is 0.219. The number of rotatable bonds is 7. The molecule has 4 unspecified atom stereocenters. The Balaban J connectivity index is 4.25. The van der Waals surface area contributed by atoms with Gasteiger partial charge in [-0.3, -0.25) is 0 Å². The summed E-state index contributed by atoms with van der Waals surface area (Å²) < 4.78 is 4.35. The molecule has 0 aliphatic heterocycles. The highest BCUT2D eigenvalue weighted by Gasteiger charge is 2.31. The second-order valence-electron chi connectivity index (χ2n) is 2.63. The number of hydrogen-bond acceptors (Lipinski definition) is 7. The van der Waals surface area contributed by atoms with Crippen LogP contribution >= 0.6 is 0 Å². The van der Waals surface area contributed by atoms with Gasteiger partial charge in [0.1, 0.15) is 31.2 Å². The van der Waals surface area contributed by atoms with Crippen molar-refractivity contribution in [1.82, 2.24) is 0 Å². The number of carbonyl (C=O) groups excluding carboxylic acids is 1. The van der Waals surface area contributed by atoms with Gasteiger partial charge in [-0.25, -0.2) is 0 Å². The van der Waals surface area contributed by atoms with Gasteiger partial charge in [-0.05, 0) is 0 Å². The lowest BCUT2D eigenvalue weighted by molar-refractivity contribution is -0.160. The summed E-state index contributed by atoms with van der Waals surface area (Å²) in [5.41, 5.74) is 0. The second kappa shape index (κ2) is 6.82. The molecule has 7 nitrogen and oxygen atoms in total. The molecule has 0 spiro atoms. The maximum atomic E-state index is 10.3. The molecule has 0 aliphatic carbocycles. The Kier molecular flexibility index (Phi) is 6.54. The standard InChI is InChI=1S/C7H14O7/c8-1-4(11)6(12)7(13)5(2-9)14-3-10/h2,4-8,10-13H,1,3H2. The van der Waals surface area contributed by atoms with Crippen LogP contribution < -0.4 is 0 Å². The molecule has 5 N–H and O–H groups in total. The minimum atomic E-state index is -1.72. The molecule has 0 saturated carbocycles. The van der Waals surface area contributed by atoms with Crippen LogP contribution in [0.2, 0.25) is 0 Å². The largest absolute Gasteiger partial charge is 0.394 e. The summed E-state index contributed by atoms with van der Waals surface area (Å²) in [5, 5.41) is 44.0. The average molecular weight is 210 g/mol. The van der Waals surface area contributed by atoms with E-state index in [9.17, 15) is 9.90 Å². The van der Waals surface area contributed by atoms with Gasteiger partial charge in [-0.2, -0.15) is 0 Å². The SMILES string of the molecule is O=CC(OCO)C(O)C(O)C(O)CO. The third-order valence-electron chi connectivity index (χ3n) is 1.67. The molecular weight excluding hydrogens is 196 g/mol. The molecule has 0 bridgehead atoms. The Labute approximate surface area is 80.2 Å². The fourth-order valence-electron chi connectivity index (χ4n) is 0.834. The van der Waals surface area contributed by atoms with Gasteiger partial charge in [0.25, 0.3) is 0 Å². The van der Waals surface area contributed by atoms with Crippen LogP contribution in [-0.4, -0.2) is 69.6 Å². The van der Waals surface area contributed by atoms with Crippen molar-refractivity contribution in [3.63, 3.8) is 0 Å². The van der Waals surface area contributed by atoms with E-state index in [0.717, 1.165) is 0 Å². The highest BCUT2D eigenvalue weighted by Crippen LogP contribution is 2.06. The van der Waals surface area contributed by atoms with Crippen LogP contribution in [0.4, 0.5) is 0 Å². The lowest BCUT2D eigenvalue weighted by Gasteiger charge is -2.24. The molecule has 0 aromatic rings. The van der Waals surface area contributed by atoms with Gasteiger partial charge in [0.15, 0.2) is 6.29 Å². The van der Waals surface area contributed by atoms with Gasteiger partial charge in [-0.15, -0.1) is 0 Å². The molecule has 0 aromatic heterocycles. The summed E-state index contributed by atoms with van der Waals surface area (Å²) in [6.45, 7) is -1.56. The number of aliphatic hydroxyl groups is 5. The molecule has 0 fully saturated rings. The minimum absolute atomic E-state index is 0.175. The summed E-state index contributed by atoms with van der Waals surface area (Å²) in [6, 6.07) is 0. The Morgan fingerprint density at radius 2 is 1.71 bits per heavy atom. The van der Waals surface area contributed by atoms with E-state index in [1.807, 2.05) is 0 Å². The van der Waals surface area contributed by atoms with Crippen LogP contribution in [-0.2, 0) is 9.53 Å². The summed E-state index contributed by atoms with van der Waals surface area (Å²) in [5.74, 6) is 0. The Bertz CT molecular complexity index is 162. The predicted octanol–water partition coefficient (Wildman–Crippen LogP) is -3.40. The third kappa shape index (κ3) is 3.66. The maximum Gasteiger partial charge on any atom is 0.151 e. The molecule has 14 heavy (non-hydrogen) atoms. The first kappa shape index (κ1) is 13.4. The summed E-state index contributed by atoms with van der Waals surface area (Å²) in [7, 11) is 0. The molecule has 4 atom stereocenters. The summed E-state index contributed by atoms with van der Waals surface area (Å²) in [6.07, 6.45) is -6.27. The molecule has 0 heterocycles. The van der Waals surface area contributed by atoms with Gasteiger partial charge in [0.2, 0.25) is 0 Å². The van der Waals surface area contributed by atoms with Gasteiger partial charge in [0.05, 0.1) is 6.61 Å². The molecule has 0 radical (unpaired) electrons. The molecule has 84 valence electrons. The predicted molar refractivity (Wildman–Crippen MR) is 43.1 cm³/mol. The highest BCUT2D eigenvalue weighted by molar-refractivity contribution is 5.57. The fraction of sp³-hybridized carbons (Fsp3) is 0.857. The van der Waals surface area contributed by atoms with Crippen LogP contribution in [0.25, 0.3) is 0 Å². The van der Waals surface area contributed by atoms with E-state index in [1.54, 1.807) is 0 Å². The summed E-state index contributed by atoms with van der Waals surface area (Å²) >= 11 is 0. The molecule has 0 amide bonds. The van der Waals surface area contributed by atoms with Crippen LogP contribution in [0.5, 0.6) is 0 Å². The van der Waals surface area contributed by atoms with Gasteiger partial charge in [-0.1, -0.05) is 0 Å². The maximum absolute atomic E-state index is 10.3. The number of aliphatic hydroxyl groups excluding tert-OH is 5. The van der Waals surface area contributed by atoms with E-state index >= 15 is 0 Å². The Morgan fingerprint density at radius 3 is 2.07 bits per heavy atom. The van der Waals surface area contributed by atoms with Crippen molar-refractivity contribution in [2.24, 2.45) is 0 Å². The molecule has 7 heteroatoms. The topological polar surface area (TPSA) is 127 Å². The van der Waals surface area contributed by atoms with E-state index in [1.165, 1.54) is 0 Å². The van der Waals surface area contributed by atoms with E-state index in [4.69, 9.17) is 20.4 Å². The molecule has 0 aromatic carbocycles. The zero-order valence-electron chi connectivity index (χ0n) is 7.35. The van der Waals surface area contributed by atoms with Gasteiger partial charge < -0.3 is 35.1 Å². The zero-order chi connectivity index (χ0) is 11.1. The number of hydrogen-bond donors (Lipinski definition) is 5. The van der Waals surface area contributed by atoms with Crippen molar-refractivity contribution < 1.29 is 35.1 Å². The van der Waals surface area contributed by atoms with E-state index in [-0.39, 0.29) is 6.29 Å². The smallest absolute Gasteiger partial charge is 0.151 e. The van der Waals surface area contributed by atoms with Crippen LogP contribution in [0, 0.1) is 0 Å². The third-order valence-corrected chi connectivity index (χ3v) is 1.67. The molecule has 0 rings (SSSR count). The normalized spacial score (nSPS) is 19.8. The van der Waals surface area contributed by atoms with Crippen LogP contribution in [0.15, 0.2) is 0 Å². The summed E-state index contributed by atoms with van der Waals surface area (Å²) in [4.78, 5) is 10.3. The van der Waals surface area contributed by atoms with Crippen molar-refractivity contribution in [2.45, 2.75) is 24.4 Å². The van der Waals surface area contributed by atoms with E-state index in [0.29, 0.717) is 0 Å². The number of aldehydes is 1. The zero-order valence-corrected chi connectivity index (χ0v) is 7.35. The van der Waals surface area contributed by atoms with E-state index < -0.39 is 37.8 Å². The first-order valence-corrected chi connectivity index (χ1v) is 3.91. The number of carbonyl (C=O) groups is 1. The average Bonchev–Trinajstić information content (AvgIpc) is 2.22. The van der Waals surface area contributed by atoms with Gasteiger partial charge in [0, 0.05) is 0 Å². The van der Waals surface area contributed by atoms with Crippen LogP contribution in [0.3, 0.4) is 0 Å². The van der Waals surface area contributed by atoms with Gasteiger partial charge >= 0.3 is 0 Å². The van der Waals surface area contributed by atoms with E-state index in [2.05, 4.69) is 4.74 Å². The van der Waals surface area contributed by atoms with Crippen molar-refractivity contribution in [2.75, 3.05) is 13.4 Å². The molecular formula is C7H14O7. The molecule has 0 saturated heterocycles. The minimum Gasteiger partial charge on any atom is -0.394 e. The first-order valence-electron chi connectivity index (χ1n) is 3.91. The molecule has 0 aliphatic rings. The lowest BCUT2D eigenvalue weighted by Crippen LogP contribution is -2.47. The second-order valence-corrected chi connectivity index (χ2v) is 2.63. The van der Waals surface area contributed by atoms with Crippen molar-refractivity contribution in [3.05, 3.63) is 0 Å². The van der Waals surface area contributed by atoms with Crippen LogP contribution in [0.1, 0.15) is 0 Å². The highest BCUT2D eigenvalue weighted by atomic mass is 16.6. The Morgan fingerprint density at radius 1 is 1.14 bits per heavy atom. The lowest BCUT2D eigenvalue weighted by atomic mass is 10.0. The number of ether oxygens (including phenoxy) is 1. The van der Waals surface area contributed by atoms with Crippen molar-refractivity contribution in [1.29, 1.82) is 0 Å². The Hall–Kier alpha value is -0.570. The fourth-order valence-corrected chi connectivity index (χ4v) is 0.834. The van der Waals surface area contributed by atoms with Crippen molar-refractivity contribution >= 4 is 6.29 Å². The van der Waals surface area contributed by atoms with Crippen molar-refractivity contribution in [3.8, 4) is 0 Å². The first-order chi connectivity index (χ1) is 6.58. The monoisotopic (exact) mass is 210 g/mol.